The maximum atomic E-state index is 5.90. The van der Waals surface area contributed by atoms with Gasteiger partial charge in [0.1, 0.15) is 0 Å². The van der Waals surface area contributed by atoms with Crippen LogP contribution in [0.25, 0.3) is 0 Å². The van der Waals surface area contributed by atoms with Gasteiger partial charge in [0.05, 0.1) is 0 Å². The summed E-state index contributed by atoms with van der Waals surface area (Å²) in [5, 5.41) is 0. The van der Waals surface area contributed by atoms with Gasteiger partial charge in [-0.15, -0.1) is 0 Å². The minimum Gasteiger partial charge on any atom is -0.500 e. The minimum absolute atomic E-state index is 1.60. The fraction of sp³-hybridized carbons (Fsp3) is 0. The monoisotopic (exact) mass is 48.0 g/mol. The average molecular weight is 48.0 g/mol. The molecule has 18 valence electrons. The summed E-state index contributed by atoms with van der Waals surface area (Å²) in [6, 6.07) is 0. The molecule has 0 rings (SSSR count). The number of hydrogen-bond acceptors (Lipinski definition) is 0. The SMILES string of the molecule is [C-]#CC#[C-]. The van der Waals surface area contributed by atoms with Crippen LogP contribution in [0.4, 0.5) is 0 Å². The van der Waals surface area contributed by atoms with E-state index in [4.69, 9.17) is 12.8 Å². The molecule has 0 heteroatoms. The van der Waals surface area contributed by atoms with E-state index < -0.39 is 0 Å². The molecule has 0 aromatic carbocycles. The lowest BCUT2D eigenvalue weighted by atomic mass is 10.7. The summed E-state index contributed by atoms with van der Waals surface area (Å²) in [6.45, 7) is 0. The Bertz CT molecular complexity index is 55.0. The van der Waals surface area contributed by atoms with E-state index in [2.05, 4.69) is 0 Å². The zero-order chi connectivity index (χ0) is 3.41. The highest BCUT2D eigenvalue weighted by Crippen LogP contribution is 1.28. The Hall–Kier alpha value is -0.880. The van der Waals surface area contributed by atoms with Crippen molar-refractivity contribution in [2.75, 3.05) is 0 Å². The van der Waals surface area contributed by atoms with E-state index in [1.54, 1.807) is 11.8 Å². The van der Waals surface area contributed by atoms with E-state index in [1.165, 1.54) is 0 Å². The van der Waals surface area contributed by atoms with Crippen molar-refractivity contribution in [3.05, 3.63) is 12.8 Å². The number of hydrogen-bond donors (Lipinski definition) is 0. The van der Waals surface area contributed by atoms with E-state index in [9.17, 15) is 0 Å². The molecule has 0 saturated carbocycles. The van der Waals surface area contributed by atoms with Crippen LogP contribution < -0.4 is 0 Å². The lowest BCUT2D eigenvalue weighted by Gasteiger charge is -1.76. The van der Waals surface area contributed by atoms with Crippen LogP contribution in [0.5, 0.6) is 0 Å². The van der Waals surface area contributed by atoms with E-state index in [0.29, 0.717) is 0 Å². The van der Waals surface area contributed by atoms with Gasteiger partial charge in [0.25, 0.3) is 0 Å². The van der Waals surface area contributed by atoms with Gasteiger partial charge in [-0.05, 0) is 0 Å². The van der Waals surface area contributed by atoms with Gasteiger partial charge in [-0.1, -0.05) is 0 Å². The highest BCUT2D eigenvalue weighted by Gasteiger charge is 0.765. The third kappa shape index (κ3) is 1.12. The molecule has 0 spiro atoms. The average Bonchev–Trinajstić information content (AvgIpc) is 1.37. The topological polar surface area (TPSA) is 0 Å². The molecule has 0 aromatic heterocycles. The second-order valence-corrected chi connectivity index (χ2v) is 0.250. The van der Waals surface area contributed by atoms with Crippen molar-refractivity contribution < 1.29 is 0 Å². The van der Waals surface area contributed by atoms with Crippen molar-refractivity contribution >= 4 is 0 Å². The zero-order valence-corrected chi connectivity index (χ0v) is 2.00. The molecule has 0 N–H and O–H groups in total. The first-order valence-electron chi connectivity index (χ1n) is 0.750. The van der Waals surface area contributed by atoms with Crippen LogP contribution in [0.1, 0.15) is 0 Å². The third-order valence-corrected chi connectivity index (χ3v) is 0.0625. The molecule has 0 bridgehead atoms. The molecule has 0 nitrogen and oxygen atoms in total. The van der Waals surface area contributed by atoms with Crippen molar-refractivity contribution in [1.82, 2.24) is 0 Å². The van der Waals surface area contributed by atoms with Gasteiger partial charge in [-0.2, -0.15) is 0 Å². The van der Waals surface area contributed by atoms with Crippen LogP contribution in [0.3, 0.4) is 0 Å². The molecule has 4 heavy (non-hydrogen) atoms. The third-order valence-electron chi connectivity index (χ3n) is 0.0625. The summed E-state index contributed by atoms with van der Waals surface area (Å²) in [5.41, 5.74) is 0. The quantitative estimate of drug-likeness (QED) is 0.270. The van der Waals surface area contributed by atoms with E-state index in [0.717, 1.165) is 0 Å². The van der Waals surface area contributed by atoms with Gasteiger partial charge in [0.2, 0.25) is 0 Å². The summed E-state index contributed by atoms with van der Waals surface area (Å²) < 4.78 is 0. The summed E-state index contributed by atoms with van der Waals surface area (Å²) >= 11 is 0. The van der Waals surface area contributed by atoms with E-state index in [1.807, 2.05) is 0 Å². The molecule has 0 aliphatic carbocycles. The predicted molar refractivity (Wildman–Crippen MR) is 14.3 cm³/mol. The second-order valence-electron chi connectivity index (χ2n) is 0.250. The lowest BCUT2D eigenvalue weighted by Crippen LogP contribution is -1.25. The van der Waals surface area contributed by atoms with Crippen LogP contribution in [0.15, 0.2) is 0 Å². The van der Waals surface area contributed by atoms with Crippen molar-refractivity contribution in [1.29, 1.82) is 0 Å². The molecule has 0 aliphatic rings. The normalized spacial score (nSPS) is 2.50. The summed E-state index contributed by atoms with van der Waals surface area (Å²) in [6.07, 6.45) is 11.8. The van der Waals surface area contributed by atoms with Crippen LogP contribution in [0.2, 0.25) is 0 Å². The predicted octanol–water partition coefficient (Wildman–Crippen LogP) is 0.166. The van der Waals surface area contributed by atoms with Crippen molar-refractivity contribution in [3.8, 4) is 11.8 Å². The Morgan fingerprint density at radius 2 is 1.25 bits per heavy atom. The van der Waals surface area contributed by atoms with Gasteiger partial charge in [0, 0.05) is 0 Å². The molecule has 0 heterocycles. The Morgan fingerprint density at radius 1 is 1.00 bits per heavy atom. The van der Waals surface area contributed by atoms with Gasteiger partial charge in [0.15, 0.2) is 0 Å². The molecular weight excluding hydrogens is 48.0 g/mol. The Kier molecular flexibility index (Phi) is 1.65. The van der Waals surface area contributed by atoms with Crippen LogP contribution in [-0.4, -0.2) is 0 Å². The molecule has 0 aromatic rings. The summed E-state index contributed by atoms with van der Waals surface area (Å²) in [5.74, 6) is 3.19. The highest BCUT2D eigenvalue weighted by molar-refractivity contribution is 5.07. The molecule has 0 fully saturated rings. The van der Waals surface area contributed by atoms with Gasteiger partial charge in [-0.25, -0.2) is 0 Å². The Morgan fingerprint density at radius 3 is 1.25 bits per heavy atom. The fourth-order valence-corrected chi connectivity index (χ4v) is 0. The first-order valence-corrected chi connectivity index (χ1v) is 0.750. The molecule has 0 radical (unpaired) electrons. The van der Waals surface area contributed by atoms with E-state index in [-0.39, 0.29) is 0 Å². The van der Waals surface area contributed by atoms with Crippen LogP contribution >= 0.6 is 0 Å². The van der Waals surface area contributed by atoms with Crippen LogP contribution in [-0.2, 0) is 0 Å². The molecule has 0 unspecified atom stereocenters. The first-order chi connectivity index (χ1) is 1.91. The Balaban J connectivity index is 3.14. The standard InChI is InChI=1S/C4/c1-3-4-2/q-2. The minimum atomic E-state index is 1.60. The molecule has 0 atom stereocenters. The molecule has 0 saturated heterocycles. The first kappa shape index (κ1) is 3.12. The second kappa shape index (κ2) is 2.12. The van der Waals surface area contributed by atoms with Gasteiger partial charge in [-0.3, -0.25) is 0 Å². The maximum Gasteiger partial charge on any atom is -0.500 e. The van der Waals surface area contributed by atoms with Crippen molar-refractivity contribution in [2.45, 2.75) is 0 Å². The largest absolute Gasteiger partial charge is 0.500 e. The molecule has 0 aliphatic heterocycles. The van der Waals surface area contributed by atoms with Crippen LogP contribution in [0, 0.1) is 24.7 Å². The Labute approximate surface area is 25.8 Å². The highest BCUT2D eigenvalue weighted by atomic mass is 13.3. The molecular formula is C4-2. The fourth-order valence-electron chi connectivity index (χ4n) is 0. The molecule has 0 amide bonds. The van der Waals surface area contributed by atoms with Gasteiger partial charge < -0.3 is 24.7 Å². The summed E-state index contributed by atoms with van der Waals surface area (Å²) in [7, 11) is 0. The van der Waals surface area contributed by atoms with E-state index >= 15 is 0 Å². The lowest BCUT2D eigenvalue weighted by molar-refractivity contribution is 2.46. The van der Waals surface area contributed by atoms with Crippen molar-refractivity contribution in [2.24, 2.45) is 0 Å². The smallest absolute Gasteiger partial charge is 0.500 e. The van der Waals surface area contributed by atoms with Gasteiger partial charge >= 0.3 is 0 Å². The van der Waals surface area contributed by atoms with Crippen molar-refractivity contribution in [3.63, 3.8) is 0 Å². The number of rotatable bonds is 0. The maximum absolute atomic E-state index is 5.90. The summed E-state index contributed by atoms with van der Waals surface area (Å²) in [4.78, 5) is 0. The zero-order valence-electron chi connectivity index (χ0n) is 2.00.